The van der Waals surface area contributed by atoms with Crippen molar-refractivity contribution in [2.45, 2.75) is 13.2 Å². The Hall–Kier alpha value is -2.38. The number of rotatable bonds is 11. The molecule has 3 rings (SSSR count). The highest BCUT2D eigenvalue weighted by Gasteiger charge is 2.28. The predicted molar refractivity (Wildman–Crippen MR) is 137 cm³/mol. The van der Waals surface area contributed by atoms with Gasteiger partial charge in [-0.1, -0.05) is 24.3 Å². The fourth-order valence-corrected chi connectivity index (χ4v) is 4.92. The molecule has 3 aromatic carbocycles. The van der Waals surface area contributed by atoms with Crippen molar-refractivity contribution in [3.05, 3.63) is 89.5 Å². The predicted octanol–water partition coefficient (Wildman–Crippen LogP) is 5.02. The van der Waals surface area contributed by atoms with Crippen LogP contribution in [0.25, 0.3) is 0 Å². The highest BCUT2D eigenvalue weighted by Crippen LogP contribution is 2.51. The Labute approximate surface area is 204 Å². The minimum Gasteiger partial charge on any atom is -0.429 e. The summed E-state index contributed by atoms with van der Waals surface area (Å²) in [5, 5.41) is 23.0. The Morgan fingerprint density at radius 2 is 1.30 bits per heavy atom. The molecule has 0 atom stereocenters. The first-order chi connectivity index (χ1) is 16.0. The maximum Gasteiger partial charge on any atom is 0.410 e. The molecule has 0 bridgehead atoms. The van der Waals surface area contributed by atoms with Gasteiger partial charge in [0.2, 0.25) is 7.58 Å². The maximum atomic E-state index is 9.27. The van der Waals surface area contributed by atoms with Gasteiger partial charge in [-0.25, -0.2) is 4.78 Å². The molecule has 0 aliphatic carbocycles. The summed E-state index contributed by atoms with van der Waals surface area (Å²) < 4.78 is 19.0. The normalized spacial score (nSPS) is 11.5. The molecule has 0 heterocycles. The number of aliphatic hydroxyl groups is 2. The van der Waals surface area contributed by atoms with Crippen molar-refractivity contribution in [1.29, 1.82) is 0 Å². The van der Waals surface area contributed by atoms with Gasteiger partial charge in [0, 0.05) is 18.9 Å². The van der Waals surface area contributed by atoms with Crippen LogP contribution in [0.4, 0.5) is 0 Å². The Balaban J connectivity index is 1.84. The Kier molecular flexibility index (Phi) is 9.32. The van der Waals surface area contributed by atoms with Crippen LogP contribution >= 0.6 is 14.2 Å². The highest BCUT2D eigenvalue weighted by molar-refractivity contribution is 8.09. The zero-order valence-electron chi connectivity index (χ0n) is 17.6. The Morgan fingerprint density at radius 1 is 0.848 bits per heavy atom. The summed E-state index contributed by atoms with van der Waals surface area (Å²) in [5.74, 6) is 1.66. The molecule has 7 nitrogen and oxygen atoms in total. The number of aliphatic hydroxyl groups excluding tert-OH is 2. The lowest BCUT2D eigenvalue weighted by atomic mass is 10.2. The van der Waals surface area contributed by atoms with Gasteiger partial charge in [0.15, 0.2) is 0 Å². The third-order valence-corrected chi connectivity index (χ3v) is 7.77. The van der Waals surface area contributed by atoms with E-state index in [4.69, 9.17) is 37.2 Å². The van der Waals surface area contributed by atoms with Gasteiger partial charge in [0.25, 0.3) is 0 Å². The molecule has 0 saturated carbocycles. The van der Waals surface area contributed by atoms with E-state index in [1.54, 1.807) is 73.9 Å². The van der Waals surface area contributed by atoms with Crippen molar-refractivity contribution in [3.63, 3.8) is 0 Å². The van der Waals surface area contributed by atoms with Crippen molar-refractivity contribution in [2.24, 2.45) is 5.10 Å². The van der Waals surface area contributed by atoms with Crippen LogP contribution in [0.2, 0.25) is 0 Å². The third-order valence-electron chi connectivity index (χ3n) is 4.40. The maximum absolute atomic E-state index is 9.27. The summed E-state index contributed by atoms with van der Waals surface area (Å²) in [6.45, 7) is -3.29. The molecule has 0 aliphatic rings. The minimum atomic E-state index is -3.15. The topological polar surface area (TPSA) is 83.8 Å². The third kappa shape index (κ3) is 7.30. The van der Waals surface area contributed by atoms with E-state index in [0.717, 1.165) is 16.7 Å². The summed E-state index contributed by atoms with van der Waals surface area (Å²) in [6, 6.07) is 21.2. The monoisotopic (exact) mass is 520 g/mol. The fraction of sp³-hybridized carbons (Fsp3) is 0.136. The second-order valence-corrected chi connectivity index (χ2v) is 10.8. The fourth-order valence-electron chi connectivity index (χ4n) is 2.59. The molecule has 3 aromatic rings. The first-order valence-corrected chi connectivity index (χ1v) is 14.1. The molecule has 0 radical (unpaired) electrons. The smallest absolute Gasteiger partial charge is 0.410 e. The quantitative estimate of drug-likeness (QED) is 0.207. The van der Waals surface area contributed by atoms with Crippen LogP contribution < -0.4 is 13.6 Å². The second-order valence-electron chi connectivity index (χ2n) is 6.72. The first-order valence-electron chi connectivity index (χ1n) is 9.72. The van der Waals surface area contributed by atoms with Crippen molar-refractivity contribution >= 4 is 44.1 Å². The van der Waals surface area contributed by atoms with Crippen molar-refractivity contribution < 1.29 is 23.8 Å². The molecule has 2 N–H and O–H groups in total. The van der Waals surface area contributed by atoms with Crippen LogP contribution in [0.5, 0.6) is 17.2 Å². The molecule has 0 fully saturated rings. The Morgan fingerprint density at radius 3 is 1.73 bits per heavy atom. The van der Waals surface area contributed by atoms with Crippen LogP contribution in [0.3, 0.4) is 0 Å². The van der Waals surface area contributed by atoms with Crippen molar-refractivity contribution in [2.75, 3.05) is 7.05 Å². The molecule has 11 heteroatoms. The average Bonchev–Trinajstić information content (AvgIpc) is 2.84. The molecule has 0 amide bonds. The van der Waals surface area contributed by atoms with E-state index < -0.39 is 6.64 Å². The molecule has 172 valence electrons. The summed E-state index contributed by atoms with van der Waals surface area (Å²) in [4.78, 5) is 0. The van der Waals surface area contributed by atoms with E-state index in [1.807, 2.05) is 12.1 Å². The van der Waals surface area contributed by atoms with Gasteiger partial charge in [-0.2, -0.15) is 5.10 Å². The van der Waals surface area contributed by atoms with Gasteiger partial charge in [-0.05, 0) is 77.0 Å². The minimum absolute atomic E-state index is 0.0673. The van der Waals surface area contributed by atoms with Gasteiger partial charge in [-0.15, -0.1) is 0 Å². The van der Waals surface area contributed by atoms with Crippen LogP contribution in [0.15, 0.2) is 77.9 Å². The van der Waals surface area contributed by atoms with Crippen LogP contribution in [-0.4, -0.2) is 28.3 Å². The molecule has 0 aliphatic heterocycles. The lowest BCUT2D eigenvalue weighted by Crippen LogP contribution is -2.17. The number of hydrogen-bond acceptors (Lipinski definition) is 8. The second kappa shape index (κ2) is 12.2. The number of nitrogens with zero attached hydrogens (tertiary/aromatic N) is 2. The summed E-state index contributed by atoms with van der Waals surface area (Å²) in [7, 11) is 2.10. The van der Waals surface area contributed by atoms with Crippen LogP contribution in [0.1, 0.15) is 16.7 Å². The lowest BCUT2D eigenvalue weighted by molar-refractivity contribution is 0.281. The van der Waals surface area contributed by atoms with E-state index in [1.165, 1.54) is 4.78 Å². The summed E-state index contributed by atoms with van der Waals surface area (Å²) in [5.41, 5.74) is 2.34. The van der Waals surface area contributed by atoms with E-state index in [9.17, 15) is 10.2 Å². The molecule has 0 spiro atoms. The van der Waals surface area contributed by atoms with Gasteiger partial charge in [-0.3, -0.25) is 0 Å². The lowest BCUT2D eigenvalue weighted by Gasteiger charge is -2.29. The number of hydrogen-bond donors (Lipinski definition) is 2. The van der Waals surface area contributed by atoms with Gasteiger partial charge in [0.05, 0.1) is 19.4 Å². The van der Waals surface area contributed by atoms with E-state index in [0.29, 0.717) is 24.8 Å². The molecule has 0 aromatic heterocycles. The average molecular weight is 521 g/mol. The van der Waals surface area contributed by atoms with Crippen LogP contribution in [0, 0.1) is 0 Å². The van der Waals surface area contributed by atoms with E-state index in [-0.39, 0.29) is 13.2 Å². The van der Waals surface area contributed by atoms with Gasteiger partial charge in [0.1, 0.15) is 17.2 Å². The molecule has 33 heavy (non-hydrogen) atoms. The van der Waals surface area contributed by atoms with Crippen molar-refractivity contribution in [1.82, 2.24) is 4.78 Å². The van der Waals surface area contributed by atoms with Crippen molar-refractivity contribution in [3.8, 4) is 17.2 Å². The van der Waals surface area contributed by atoms with E-state index >= 15 is 0 Å². The number of benzene rings is 3. The molecule has 0 saturated heterocycles. The summed E-state index contributed by atoms with van der Waals surface area (Å²) >= 11 is 10.6. The SMILES string of the molecule is CN(N=Cc1ccc(OP=S)cc1)P(=S)(Oc1ccc(CO)cc1)Oc1ccc(CO)cc1. The largest absolute Gasteiger partial charge is 0.429 e. The standard InChI is InChI=1S/C22H22N2O5P2S2/c1-24(23-14-17-2-8-20(9-3-17)27-30-32)31(33,28-21-10-4-18(15-25)5-11-21)29-22-12-6-19(16-26)7-13-22/h2-14,25-26H,15-16H2,1H3. The zero-order valence-corrected chi connectivity index (χ0v) is 21.1. The van der Waals surface area contributed by atoms with E-state index in [2.05, 4.69) is 5.10 Å². The molecular weight excluding hydrogens is 498 g/mol. The first kappa shape index (κ1) is 25.2. The molecular formula is C22H22N2O5P2S2. The number of hydrazone groups is 1. The van der Waals surface area contributed by atoms with Gasteiger partial charge >= 0.3 is 6.64 Å². The van der Waals surface area contributed by atoms with Crippen LogP contribution in [-0.2, 0) is 36.8 Å². The molecule has 0 unspecified atom stereocenters. The van der Waals surface area contributed by atoms with Gasteiger partial charge < -0.3 is 23.8 Å². The zero-order chi connectivity index (χ0) is 23.7. The highest BCUT2D eigenvalue weighted by atomic mass is 32.5. The summed E-state index contributed by atoms with van der Waals surface area (Å²) in [6.07, 6.45) is 1.65. The Bertz CT molecular complexity index is 1070.